The molecule has 1 unspecified atom stereocenters. The maximum atomic E-state index is 5.81. The zero-order valence-electron chi connectivity index (χ0n) is 10.9. The van der Waals surface area contributed by atoms with Gasteiger partial charge in [-0.2, -0.15) is 0 Å². The first-order valence-electron chi connectivity index (χ1n) is 5.92. The second kappa shape index (κ2) is 6.12. The Balaban J connectivity index is 2.31. The summed E-state index contributed by atoms with van der Waals surface area (Å²) in [6.07, 6.45) is 0. The summed E-state index contributed by atoms with van der Waals surface area (Å²) in [6, 6.07) is 5.57. The van der Waals surface area contributed by atoms with Crippen LogP contribution in [0, 0.1) is 5.92 Å². The van der Waals surface area contributed by atoms with E-state index in [-0.39, 0.29) is 0 Å². The molecule has 0 radical (unpaired) electrons. The molecule has 0 spiro atoms. The minimum atomic E-state index is 0.326. The number of anilines is 1. The first-order chi connectivity index (χ1) is 9.11. The first kappa shape index (κ1) is 14.0. The topological polar surface area (TPSA) is 78.8 Å². The summed E-state index contributed by atoms with van der Waals surface area (Å²) in [5, 5.41) is 11.8. The molecule has 2 rings (SSSR count). The molecule has 0 fully saturated rings. The number of hydrogen-bond acceptors (Lipinski definition) is 5. The van der Waals surface area contributed by atoms with Crippen LogP contribution in [0.5, 0.6) is 0 Å². The Morgan fingerprint density at radius 1 is 1.47 bits per heavy atom. The molecule has 2 N–H and O–H groups in total. The van der Waals surface area contributed by atoms with E-state index in [0.29, 0.717) is 30.6 Å². The zero-order chi connectivity index (χ0) is 13.8. The van der Waals surface area contributed by atoms with Gasteiger partial charge in [0.05, 0.1) is 6.61 Å². The van der Waals surface area contributed by atoms with E-state index in [2.05, 4.69) is 38.4 Å². The molecule has 6 nitrogen and oxygen atoms in total. The van der Waals surface area contributed by atoms with Gasteiger partial charge in [0.15, 0.2) is 5.82 Å². The van der Waals surface area contributed by atoms with Crippen LogP contribution >= 0.6 is 15.9 Å². The van der Waals surface area contributed by atoms with E-state index >= 15 is 0 Å². The second-order valence-electron chi connectivity index (χ2n) is 4.48. The molecule has 7 heteroatoms. The number of halogens is 1. The van der Waals surface area contributed by atoms with Gasteiger partial charge in [0.1, 0.15) is 0 Å². The SMILES string of the molecule is COCC(C)Cn1nnnc1-c1cc(N)ccc1Br. The van der Waals surface area contributed by atoms with Gasteiger partial charge in [0, 0.05) is 29.4 Å². The summed E-state index contributed by atoms with van der Waals surface area (Å²) in [5.74, 6) is 1.02. The number of aromatic nitrogens is 4. The van der Waals surface area contributed by atoms with Gasteiger partial charge in [0.2, 0.25) is 0 Å². The molecule has 0 saturated heterocycles. The number of methoxy groups -OCH3 is 1. The number of rotatable bonds is 5. The largest absolute Gasteiger partial charge is 0.399 e. The molecule has 1 aromatic carbocycles. The van der Waals surface area contributed by atoms with Crippen molar-refractivity contribution in [1.82, 2.24) is 20.2 Å². The van der Waals surface area contributed by atoms with Crippen molar-refractivity contribution in [3.05, 3.63) is 22.7 Å². The number of nitrogens with two attached hydrogens (primary N) is 1. The molecule has 1 atom stereocenters. The van der Waals surface area contributed by atoms with Gasteiger partial charge in [-0.3, -0.25) is 0 Å². The van der Waals surface area contributed by atoms with Crippen molar-refractivity contribution in [2.24, 2.45) is 5.92 Å². The van der Waals surface area contributed by atoms with E-state index < -0.39 is 0 Å². The second-order valence-corrected chi connectivity index (χ2v) is 5.34. The van der Waals surface area contributed by atoms with Crippen molar-refractivity contribution < 1.29 is 4.74 Å². The average Bonchev–Trinajstić information content (AvgIpc) is 2.80. The summed E-state index contributed by atoms with van der Waals surface area (Å²) in [7, 11) is 1.69. The van der Waals surface area contributed by atoms with Crippen LogP contribution in [0.15, 0.2) is 22.7 Å². The summed E-state index contributed by atoms with van der Waals surface area (Å²) < 4.78 is 7.81. The lowest BCUT2D eigenvalue weighted by Gasteiger charge is -2.12. The Morgan fingerprint density at radius 3 is 3.00 bits per heavy atom. The lowest BCUT2D eigenvalue weighted by molar-refractivity contribution is 0.149. The third-order valence-corrected chi connectivity index (χ3v) is 3.39. The molecule has 102 valence electrons. The zero-order valence-corrected chi connectivity index (χ0v) is 12.5. The Kier molecular flexibility index (Phi) is 4.49. The van der Waals surface area contributed by atoms with Crippen molar-refractivity contribution in [1.29, 1.82) is 0 Å². The third kappa shape index (κ3) is 3.30. The molecule has 1 heterocycles. The maximum absolute atomic E-state index is 5.81. The highest BCUT2D eigenvalue weighted by molar-refractivity contribution is 9.10. The van der Waals surface area contributed by atoms with Crippen molar-refractivity contribution in [2.75, 3.05) is 19.5 Å². The van der Waals surface area contributed by atoms with E-state index in [0.717, 1.165) is 10.0 Å². The van der Waals surface area contributed by atoms with Crippen LogP contribution in [0.1, 0.15) is 6.92 Å². The predicted molar refractivity (Wildman–Crippen MR) is 76.4 cm³/mol. The van der Waals surface area contributed by atoms with Crippen LogP contribution in [-0.4, -0.2) is 33.9 Å². The molecule has 0 aliphatic carbocycles. The molecule has 0 aliphatic heterocycles. The summed E-state index contributed by atoms with van der Waals surface area (Å²) in [5.41, 5.74) is 7.38. The summed E-state index contributed by atoms with van der Waals surface area (Å²) >= 11 is 3.49. The van der Waals surface area contributed by atoms with E-state index in [1.807, 2.05) is 18.2 Å². The highest BCUT2D eigenvalue weighted by Gasteiger charge is 2.14. The predicted octanol–water partition coefficient (Wildman–Crippen LogP) is 1.97. The van der Waals surface area contributed by atoms with E-state index in [9.17, 15) is 0 Å². The molecule has 1 aromatic heterocycles. The van der Waals surface area contributed by atoms with Gasteiger partial charge < -0.3 is 10.5 Å². The molecule has 19 heavy (non-hydrogen) atoms. The van der Waals surface area contributed by atoms with Crippen LogP contribution in [0.2, 0.25) is 0 Å². The van der Waals surface area contributed by atoms with Crippen molar-refractivity contribution in [3.8, 4) is 11.4 Å². The van der Waals surface area contributed by atoms with Crippen molar-refractivity contribution in [3.63, 3.8) is 0 Å². The fraction of sp³-hybridized carbons (Fsp3) is 0.417. The normalized spacial score (nSPS) is 12.6. The van der Waals surface area contributed by atoms with Crippen molar-refractivity contribution in [2.45, 2.75) is 13.5 Å². The van der Waals surface area contributed by atoms with Gasteiger partial charge in [0.25, 0.3) is 0 Å². The minimum Gasteiger partial charge on any atom is -0.399 e. The number of ether oxygens (including phenoxy) is 1. The first-order valence-corrected chi connectivity index (χ1v) is 6.71. The van der Waals surface area contributed by atoms with Crippen LogP contribution in [0.4, 0.5) is 5.69 Å². The van der Waals surface area contributed by atoms with Gasteiger partial charge in [-0.25, -0.2) is 4.68 Å². The van der Waals surface area contributed by atoms with Crippen molar-refractivity contribution >= 4 is 21.6 Å². The van der Waals surface area contributed by atoms with Gasteiger partial charge in [-0.05, 0) is 34.5 Å². The number of nitrogens with zero attached hydrogens (tertiary/aromatic N) is 4. The number of benzene rings is 1. The molecule has 2 aromatic rings. The summed E-state index contributed by atoms with van der Waals surface area (Å²) in [4.78, 5) is 0. The Bertz CT molecular complexity index is 557. The number of tetrazole rings is 1. The smallest absolute Gasteiger partial charge is 0.183 e. The molecule has 0 amide bonds. The Morgan fingerprint density at radius 2 is 2.26 bits per heavy atom. The maximum Gasteiger partial charge on any atom is 0.183 e. The van der Waals surface area contributed by atoms with Gasteiger partial charge >= 0.3 is 0 Å². The number of nitrogen functional groups attached to an aromatic ring is 1. The van der Waals surface area contributed by atoms with Crippen LogP contribution in [0.25, 0.3) is 11.4 Å². The quantitative estimate of drug-likeness (QED) is 0.850. The standard InChI is InChI=1S/C12H16BrN5O/c1-8(7-19-2)6-18-12(15-16-17-18)10-5-9(14)3-4-11(10)13/h3-5,8H,6-7,14H2,1-2H3. The van der Waals surface area contributed by atoms with Crippen LogP contribution in [-0.2, 0) is 11.3 Å². The monoisotopic (exact) mass is 325 g/mol. The molecule has 0 bridgehead atoms. The van der Waals surface area contributed by atoms with Gasteiger partial charge in [-0.15, -0.1) is 5.10 Å². The van der Waals surface area contributed by atoms with E-state index in [1.54, 1.807) is 11.8 Å². The fourth-order valence-electron chi connectivity index (χ4n) is 1.87. The Hall–Kier alpha value is -1.47. The van der Waals surface area contributed by atoms with E-state index in [4.69, 9.17) is 10.5 Å². The highest BCUT2D eigenvalue weighted by atomic mass is 79.9. The number of hydrogen-bond donors (Lipinski definition) is 1. The molecular formula is C12H16BrN5O. The molecule has 0 aliphatic rings. The highest BCUT2D eigenvalue weighted by Crippen LogP contribution is 2.28. The minimum absolute atomic E-state index is 0.326. The third-order valence-electron chi connectivity index (χ3n) is 2.70. The van der Waals surface area contributed by atoms with Gasteiger partial charge in [-0.1, -0.05) is 22.9 Å². The van der Waals surface area contributed by atoms with E-state index in [1.165, 1.54) is 0 Å². The molecular weight excluding hydrogens is 310 g/mol. The Labute approximate surface area is 120 Å². The lowest BCUT2D eigenvalue weighted by atomic mass is 10.1. The molecule has 0 saturated carbocycles. The fourth-order valence-corrected chi connectivity index (χ4v) is 2.29. The summed E-state index contributed by atoms with van der Waals surface area (Å²) in [6.45, 7) is 3.44. The van der Waals surface area contributed by atoms with Crippen LogP contribution < -0.4 is 5.73 Å². The lowest BCUT2D eigenvalue weighted by Crippen LogP contribution is -2.15. The average molecular weight is 326 g/mol. The van der Waals surface area contributed by atoms with Crippen LogP contribution in [0.3, 0.4) is 0 Å².